The van der Waals surface area contributed by atoms with E-state index in [2.05, 4.69) is 15.0 Å². The van der Waals surface area contributed by atoms with E-state index < -0.39 is 10.2 Å². The van der Waals surface area contributed by atoms with Crippen molar-refractivity contribution in [1.29, 1.82) is 0 Å². The normalized spacial score (nSPS) is 20.4. The van der Waals surface area contributed by atoms with Gasteiger partial charge in [-0.15, -0.1) is 0 Å². The van der Waals surface area contributed by atoms with E-state index in [1.807, 2.05) is 31.2 Å². The molecule has 4 rings (SSSR count). The fourth-order valence-corrected chi connectivity index (χ4v) is 5.86. The van der Waals surface area contributed by atoms with Crippen LogP contribution in [0.4, 0.5) is 0 Å². The minimum atomic E-state index is -3.37. The van der Waals surface area contributed by atoms with E-state index in [0.29, 0.717) is 56.5 Å². The van der Waals surface area contributed by atoms with E-state index >= 15 is 0 Å². The van der Waals surface area contributed by atoms with Crippen molar-refractivity contribution in [3.8, 4) is 0 Å². The predicted octanol–water partition coefficient (Wildman–Crippen LogP) is 2.71. The Kier molecular flexibility index (Phi) is 7.07. The highest BCUT2D eigenvalue weighted by molar-refractivity contribution is 7.86. The summed E-state index contributed by atoms with van der Waals surface area (Å²) in [6, 6.07) is 3.81. The Hall–Kier alpha value is -1.79. The second kappa shape index (κ2) is 9.78. The van der Waals surface area contributed by atoms with E-state index in [1.54, 1.807) is 13.3 Å². The van der Waals surface area contributed by atoms with Crippen LogP contribution in [0, 0.1) is 11.7 Å². The molecule has 0 radical (unpaired) electrons. The second-order valence-electron chi connectivity index (χ2n) is 8.08. The van der Waals surface area contributed by atoms with Gasteiger partial charge in [0.25, 0.3) is 10.2 Å². The first kappa shape index (κ1) is 22.4. The van der Waals surface area contributed by atoms with Crippen LogP contribution in [0.5, 0.6) is 0 Å². The first-order chi connectivity index (χ1) is 14.9. The number of aromatic amines is 1. The van der Waals surface area contributed by atoms with Gasteiger partial charge in [-0.1, -0.05) is 12.8 Å². The van der Waals surface area contributed by atoms with Crippen LogP contribution in [0.1, 0.15) is 43.0 Å². The average Bonchev–Trinajstić information content (AvgIpc) is 3.19. The number of nitrogens with zero attached hydrogens (tertiary/aromatic N) is 5. The molecule has 2 fully saturated rings. The number of furan rings is 1. The Morgan fingerprint density at radius 3 is 2.35 bits per heavy atom. The summed E-state index contributed by atoms with van der Waals surface area (Å²) in [5, 5.41) is 3.20. The molecule has 2 saturated heterocycles. The third-order valence-corrected chi connectivity index (χ3v) is 8.10. The first-order valence-corrected chi connectivity index (χ1v) is 12.6. The van der Waals surface area contributed by atoms with Crippen LogP contribution in [0.2, 0.25) is 0 Å². The van der Waals surface area contributed by atoms with Gasteiger partial charge in [-0.3, -0.25) is 10.00 Å². The molecule has 1 N–H and O–H groups in total. The van der Waals surface area contributed by atoms with Crippen molar-refractivity contribution < 1.29 is 12.8 Å². The van der Waals surface area contributed by atoms with Crippen molar-refractivity contribution in [2.24, 2.45) is 0 Å². The fraction of sp³-hybridized carbons (Fsp3) is 0.600. The zero-order chi connectivity index (χ0) is 21.8. The highest BCUT2D eigenvalue weighted by Gasteiger charge is 2.32. The molecular weight excluding hydrogens is 436 g/mol. The molecule has 0 saturated carbocycles. The van der Waals surface area contributed by atoms with E-state index in [-0.39, 0.29) is 0 Å². The zero-order valence-electron chi connectivity index (χ0n) is 17.9. The monoisotopic (exact) mass is 466 g/mol. The molecule has 9 nitrogen and oxygen atoms in total. The van der Waals surface area contributed by atoms with Crippen molar-refractivity contribution in [3.63, 3.8) is 0 Å². The topological polar surface area (TPSA) is 90.6 Å². The van der Waals surface area contributed by atoms with Crippen LogP contribution in [-0.4, -0.2) is 76.0 Å². The highest BCUT2D eigenvalue weighted by Crippen LogP contribution is 2.18. The molecule has 2 aromatic heterocycles. The van der Waals surface area contributed by atoms with Crippen molar-refractivity contribution in [2.75, 3.05) is 39.3 Å². The number of hydrogen-bond donors (Lipinski definition) is 1. The van der Waals surface area contributed by atoms with Crippen LogP contribution in [0.25, 0.3) is 12.2 Å². The van der Waals surface area contributed by atoms with Gasteiger partial charge in [0.1, 0.15) is 17.3 Å². The van der Waals surface area contributed by atoms with E-state index in [4.69, 9.17) is 16.6 Å². The molecule has 0 spiro atoms. The smallest absolute Gasteiger partial charge is 0.282 e. The maximum absolute atomic E-state index is 13.0. The Balaban J connectivity index is 1.33. The largest absolute Gasteiger partial charge is 0.462 e. The molecule has 2 aliphatic heterocycles. The Morgan fingerprint density at radius 1 is 1.03 bits per heavy atom. The van der Waals surface area contributed by atoms with Gasteiger partial charge < -0.3 is 4.42 Å². The standard InChI is InChI=1S/C20H30N6O3S2/c1-17-6-7-18(29-17)8-9-19-21-20(30)26(22-19)16-23-12-14-25(15-13-23)31(27,28)24-10-4-2-3-5-11-24/h6-9H,2-5,10-16H2,1H3,(H,21,22,30)/b9-8+. The van der Waals surface area contributed by atoms with Gasteiger partial charge in [0.15, 0.2) is 0 Å². The molecule has 11 heteroatoms. The molecule has 0 aromatic carbocycles. The first-order valence-electron chi connectivity index (χ1n) is 10.8. The number of aryl methyl sites for hydroxylation is 1. The van der Waals surface area contributed by atoms with Crippen molar-refractivity contribution in [2.45, 2.75) is 39.3 Å². The molecule has 0 amide bonds. The lowest BCUT2D eigenvalue weighted by Crippen LogP contribution is -2.53. The molecule has 2 aliphatic rings. The zero-order valence-corrected chi connectivity index (χ0v) is 19.5. The highest BCUT2D eigenvalue weighted by atomic mass is 32.2. The number of piperazine rings is 1. The molecule has 31 heavy (non-hydrogen) atoms. The second-order valence-corrected chi connectivity index (χ2v) is 10.4. The van der Waals surface area contributed by atoms with Gasteiger partial charge in [0.05, 0.1) is 6.67 Å². The minimum absolute atomic E-state index is 0.467. The predicted molar refractivity (Wildman–Crippen MR) is 122 cm³/mol. The van der Waals surface area contributed by atoms with E-state index in [9.17, 15) is 8.42 Å². The molecule has 0 unspecified atom stereocenters. The molecule has 0 atom stereocenters. The van der Waals surface area contributed by atoms with Crippen molar-refractivity contribution >= 4 is 34.6 Å². The van der Waals surface area contributed by atoms with Gasteiger partial charge in [-0.25, -0.2) is 4.68 Å². The van der Waals surface area contributed by atoms with Gasteiger partial charge in [0.2, 0.25) is 4.77 Å². The third kappa shape index (κ3) is 5.53. The molecule has 2 aromatic rings. The number of aromatic nitrogens is 3. The summed E-state index contributed by atoms with van der Waals surface area (Å²) in [6.45, 7) is 6.03. The minimum Gasteiger partial charge on any atom is -0.462 e. The molecule has 4 heterocycles. The summed E-state index contributed by atoms with van der Waals surface area (Å²) in [5.41, 5.74) is 0. The third-order valence-electron chi connectivity index (χ3n) is 5.75. The Morgan fingerprint density at radius 2 is 1.71 bits per heavy atom. The number of H-pyrrole nitrogens is 1. The lowest BCUT2D eigenvalue weighted by Gasteiger charge is -2.36. The summed E-state index contributed by atoms with van der Waals surface area (Å²) in [7, 11) is -3.37. The lowest BCUT2D eigenvalue weighted by atomic mass is 10.2. The van der Waals surface area contributed by atoms with Crippen LogP contribution < -0.4 is 0 Å². The maximum atomic E-state index is 13.0. The summed E-state index contributed by atoms with van der Waals surface area (Å²) < 4.78 is 37.1. The molecule has 0 bridgehead atoms. The quantitative estimate of drug-likeness (QED) is 0.659. The van der Waals surface area contributed by atoms with E-state index in [1.165, 1.54) is 0 Å². The van der Waals surface area contributed by atoms with Gasteiger partial charge in [-0.05, 0) is 56.3 Å². The number of hydrogen-bond acceptors (Lipinski definition) is 6. The van der Waals surface area contributed by atoms with Gasteiger partial charge in [0, 0.05) is 39.3 Å². The molecular formula is C20H30N6O3S2. The Labute approximate surface area is 188 Å². The van der Waals surface area contributed by atoms with Crippen LogP contribution in [-0.2, 0) is 16.9 Å². The van der Waals surface area contributed by atoms with Crippen molar-refractivity contribution in [3.05, 3.63) is 34.2 Å². The molecule has 0 aliphatic carbocycles. The van der Waals surface area contributed by atoms with Crippen LogP contribution in [0.15, 0.2) is 16.5 Å². The van der Waals surface area contributed by atoms with Crippen LogP contribution in [0.3, 0.4) is 0 Å². The van der Waals surface area contributed by atoms with Crippen molar-refractivity contribution in [1.82, 2.24) is 28.3 Å². The molecule has 170 valence electrons. The summed E-state index contributed by atoms with van der Waals surface area (Å²) in [4.78, 5) is 6.56. The van der Waals surface area contributed by atoms with E-state index in [0.717, 1.165) is 37.2 Å². The fourth-order valence-electron chi connectivity index (χ4n) is 3.99. The number of rotatable bonds is 6. The maximum Gasteiger partial charge on any atom is 0.282 e. The summed E-state index contributed by atoms with van der Waals surface area (Å²) >= 11 is 5.38. The van der Waals surface area contributed by atoms with Gasteiger partial charge >= 0.3 is 0 Å². The number of nitrogens with one attached hydrogen (secondary N) is 1. The van der Waals surface area contributed by atoms with Crippen LogP contribution >= 0.6 is 12.2 Å². The summed E-state index contributed by atoms with van der Waals surface area (Å²) in [6.07, 6.45) is 7.81. The average molecular weight is 467 g/mol. The van der Waals surface area contributed by atoms with Gasteiger partial charge in [-0.2, -0.15) is 22.0 Å². The SMILES string of the molecule is Cc1ccc(/C=C/c2nc(=S)n(CN3CCN(S(=O)(=O)N4CCCCCC4)CC3)[nH]2)o1. The lowest BCUT2D eigenvalue weighted by molar-refractivity contribution is 0.140. The Bertz CT molecular complexity index is 1050. The summed E-state index contributed by atoms with van der Waals surface area (Å²) in [5.74, 6) is 2.27.